The second-order valence-electron chi connectivity index (χ2n) is 6.04. The van der Waals surface area contributed by atoms with Gasteiger partial charge in [0, 0.05) is 23.6 Å². The molecule has 0 fully saturated rings. The van der Waals surface area contributed by atoms with Crippen LogP contribution in [0, 0.1) is 0 Å². The highest BCUT2D eigenvalue weighted by Gasteiger charge is 2.16. The van der Waals surface area contributed by atoms with Gasteiger partial charge in [-0.25, -0.2) is 0 Å². The summed E-state index contributed by atoms with van der Waals surface area (Å²) in [5.41, 5.74) is 0.899. The van der Waals surface area contributed by atoms with Crippen molar-refractivity contribution in [3.63, 3.8) is 0 Å². The number of benzene rings is 1. The van der Waals surface area contributed by atoms with E-state index >= 15 is 0 Å². The van der Waals surface area contributed by atoms with Crippen LogP contribution >= 0.6 is 23.2 Å². The van der Waals surface area contributed by atoms with Crippen LogP contribution in [0.15, 0.2) is 65.5 Å². The molecule has 0 radical (unpaired) electrons. The van der Waals surface area contributed by atoms with Crippen molar-refractivity contribution in [3.8, 4) is 0 Å². The Labute approximate surface area is 170 Å². The Bertz CT molecular complexity index is 1100. The van der Waals surface area contributed by atoms with Crippen molar-refractivity contribution in [3.05, 3.63) is 88.2 Å². The van der Waals surface area contributed by atoms with Gasteiger partial charge in [-0.05, 0) is 29.8 Å². The lowest BCUT2D eigenvalue weighted by Crippen LogP contribution is -2.12. The van der Waals surface area contributed by atoms with Crippen LogP contribution in [0.5, 0.6) is 0 Å². The molecule has 0 saturated heterocycles. The number of hydrogen-bond acceptors (Lipinski definition) is 4. The molecule has 3 aromatic heterocycles. The molecule has 1 amide bonds. The largest absolute Gasteiger partial charge is 0.454 e. The van der Waals surface area contributed by atoms with Crippen molar-refractivity contribution in [2.75, 3.05) is 5.32 Å². The number of amides is 1. The lowest BCUT2D eigenvalue weighted by molar-refractivity contribution is 0.0994. The van der Waals surface area contributed by atoms with Gasteiger partial charge in [0.05, 0.1) is 13.1 Å². The first-order valence-corrected chi connectivity index (χ1v) is 9.18. The maximum absolute atomic E-state index is 12.4. The van der Waals surface area contributed by atoms with E-state index in [9.17, 15) is 4.79 Å². The number of rotatable bonds is 6. The topological polar surface area (TPSA) is 77.9 Å². The van der Waals surface area contributed by atoms with Crippen LogP contribution in [0.2, 0.25) is 10.0 Å². The third-order valence-corrected chi connectivity index (χ3v) is 4.65. The van der Waals surface area contributed by atoms with Crippen LogP contribution in [-0.4, -0.2) is 25.5 Å². The smallest absolute Gasteiger partial charge is 0.292 e. The number of hydrogen-bond donors (Lipinski definition) is 1. The van der Waals surface area contributed by atoms with Crippen molar-refractivity contribution in [2.45, 2.75) is 13.1 Å². The molecular weight excluding hydrogens is 401 g/mol. The molecule has 1 aromatic carbocycles. The Morgan fingerprint density at radius 1 is 1.04 bits per heavy atom. The van der Waals surface area contributed by atoms with E-state index in [0.29, 0.717) is 28.9 Å². The second kappa shape index (κ2) is 7.92. The molecule has 1 N–H and O–H groups in total. The Kier molecular flexibility index (Phi) is 5.18. The third kappa shape index (κ3) is 4.11. The molecule has 9 heteroatoms. The van der Waals surface area contributed by atoms with Crippen molar-refractivity contribution in [1.29, 1.82) is 0 Å². The van der Waals surface area contributed by atoms with Crippen molar-refractivity contribution in [2.24, 2.45) is 0 Å². The number of aromatic nitrogens is 4. The highest BCUT2D eigenvalue weighted by molar-refractivity contribution is 6.33. The summed E-state index contributed by atoms with van der Waals surface area (Å²) in [4.78, 5) is 12.4. The van der Waals surface area contributed by atoms with Crippen molar-refractivity contribution >= 4 is 34.9 Å². The fourth-order valence-electron chi connectivity index (χ4n) is 2.67. The molecule has 142 valence electrons. The van der Waals surface area contributed by atoms with Crippen molar-refractivity contribution < 1.29 is 9.21 Å². The summed E-state index contributed by atoms with van der Waals surface area (Å²) < 4.78 is 8.90. The molecule has 28 heavy (non-hydrogen) atoms. The van der Waals surface area contributed by atoms with E-state index in [1.165, 1.54) is 0 Å². The highest BCUT2D eigenvalue weighted by atomic mass is 35.5. The third-order valence-electron chi connectivity index (χ3n) is 4.00. The molecule has 0 atom stereocenters. The Morgan fingerprint density at radius 2 is 1.89 bits per heavy atom. The molecule has 0 aliphatic rings. The molecule has 0 saturated carbocycles. The normalized spacial score (nSPS) is 10.9. The Morgan fingerprint density at radius 3 is 2.68 bits per heavy atom. The molecular formula is C19H15Cl2N5O2. The van der Waals surface area contributed by atoms with Gasteiger partial charge < -0.3 is 9.73 Å². The molecule has 0 spiro atoms. The second-order valence-corrected chi connectivity index (χ2v) is 6.85. The van der Waals surface area contributed by atoms with Gasteiger partial charge in [-0.2, -0.15) is 10.2 Å². The summed E-state index contributed by atoms with van der Waals surface area (Å²) in [5.74, 6) is 0.600. The zero-order valence-corrected chi connectivity index (χ0v) is 16.1. The molecule has 3 heterocycles. The molecule has 4 aromatic rings. The fraction of sp³-hybridized carbons (Fsp3) is 0.105. The van der Waals surface area contributed by atoms with Gasteiger partial charge in [-0.1, -0.05) is 41.4 Å². The van der Waals surface area contributed by atoms with Gasteiger partial charge >= 0.3 is 0 Å². The number of carbonyl (C=O) groups excluding carboxylic acids is 1. The van der Waals surface area contributed by atoms with Crippen molar-refractivity contribution in [1.82, 2.24) is 19.6 Å². The van der Waals surface area contributed by atoms with Crippen LogP contribution in [0.4, 0.5) is 5.82 Å². The SMILES string of the molecule is O=C(Nc1nn(Cc2ccccc2Cl)cc1Cl)c1ccc(Cn2cccn2)o1. The summed E-state index contributed by atoms with van der Waals surface area (Å²) in [7, 11) is 0. The van der Waals surface area contributed by atoms with Crippen LogP contribution < -0.4 is 5.32 Å². The predicted octanol–water partition coefficient (Wildman–Crippen LogP) is 4.33. The van der Waals surface area contributed by atoms with E-state index in [4.69, 9.17) is 27.6 Å². The number of halogens is 2. The molecule has 4 rings (SSSR count). The number of nitrogens with one attached hydrogen (secondary N) is 1. The summed E-state index contributed by atoms with van der Waals surface area (Å²) in [6.45, 7) is 0.873. The molecule has 0 aliphatic heterocycles. The predicted molar refractivity (Wildman–Crippen MR) is 106 cm³/mol. The number of furan rings is 1. The van der Waals surface area contributed by atoms with Crippen LogP contribution in [-0.2, 0) is 13.1 Å². The number of carbonyl (C=O) groups is 1. The first-order chi connectivity index (χ1) is 13.6. The van der Waals surface area contributed by atoms with E-state index in [1.54, 1.807) is 33.9 Å². The van der Waals surface area contributed by atoms with E-state index in [2.05, 4.69) is 15.5 Å². The van der Waals surface area contributed by atoms with Gasteiger partial charge in [0.2, 0.25) is 0 Å². The number of nitrogens with zero attached hydrogens (tertiary/aromatic N) is 4. The Hall–Kier alpha value is -3.03. The van der Waals surface area contributed by atoms with Gasteiger partial charge in [-0.15, -0.1) is 0 Å². The monoisotopic (exact) mass is 415 g/mol. The zero-order chi connectivity index (χ0) is 19.5. The van der Waals surface area contributed by atoms with Gasteiger partial charge in [0.15, 0.2) is 11.6 Å². The summed E-state index contributed by atoms with van der Waals surface area (Å²) in [5, 5.41) is 12.1. The zero-order valence-electron chi connectivity index (χ0n) is 14.5. The van der Waals surface area contributed by atoms with Gasteiger partial charge in [-0.3, -0.25) is 14.2 Å². The minimum atomic E-state index is -0.434. The Balaban J connectivity index is 1.44. The van der Waals surface area contributed by atoms with Gasteiger partial charge in [0.25, 0.3) is 5.91 Å². The molecule has 7 nitrogen and oxygen atoms in total. The van der Waals surface area contributed by atoms with E-state index in [1.807, 2.05) is 36.5 Å². The minimum absolute atomic E-state index is 0.166. The maximum atomic E-state index is 12.4. The minimum Gasteiger partial charge on any atom is -0.454 e. The first-order valence-electron chi connectivity index (χ1n) is 8.42. The first kappa shape index (κ1) is 18.3. The van der Waals surface area contributed by atoms with Gasteiger partial charge in [0.1, 0.15) is 10.8 Å². The van der Waals surface area contributed by atoms with Crippen LogP contribution in [0.25, 0.3) is 0 Å². The summed E-state index contributed by atoms with van der Waals surface area (Å²) in [6.07, 6.45) is 5.12. The lowest BCUT2D eigenvalue weighted by Gasteiger charge is -2.04. The quantitative estimate of drug-likeness (QED) is 0.508. The summed E-state index contributed by atoms with van der Waals surface area (Å²) in [6, 6.07) is 12.6. The standard InChI is InChI=1S/C19H15Cl2N5O2/c20-15-5-2-1-4-13(15)10-26-12-16(21)18(24-26)23-19(27)17-7-6-14(28-17)11-25-9-3-8-22-25/h1-9,12H,10-11H2,(H,23,24,27). The van der Waals surface area contributed by atoms with E-state index in [0.717, 1.165) is 5.56 Å². The van der Waals surface area contributed by atoms with Crippen LogP contribution in [0.1, 0.15) is 21.9 Å². The maximum Gasteiger partial charge on any atom is 0.292 e. The molecule has 0 bridgehead atoms. The molecule has 0 unspecified atom stereocenters. The lowest BCUT2D eigenvalue weighted by atomic mass is 10.2. The van der Waals surface area contributed by atoms with E-state index < -0.39 is 5.91 Å². The summed E-state index contributed by atoms with van der Waals surface area (Å²) >= 11 is 12.4. The average molecular weight is 416 g/mol. The van der Waals surface area contributed by atoms with E-state index in [-0.39, 0.29) is 11.6 Å². The average Bonchev–Trinajstić information content (AvgIpc) is 3.41. The molecule has 0 aliphatic carbocycles. The van der Waals surface area contributed by atoms with Crippen LogP contribution in [0.3, 0.4) is 0 Å². The number of anilines is 1. The fourth-order valence-corrected chi connectivity index (χ4v) is 3.06. The highest BCUT2D eigenvalue weighted by Crippen LogP contribution is 2.23.